The minimum absolute atomic E-state index is 0.0973. The van der Waals surface area contributed by atoms with Crippen molar-refractivity contribution in [2.75, 3.05) is 23.8 Å². The zero-order valence-electron chi connectivity index (χ0n) is 16.3. The average molecular weight is 418 g/mol. The van der Waals surface area contributed by atoms with Gasteiger partial charge in [0.05, 0.1) is 29.5 Å². The Hall–Kier alpha value is -2.26. The number of nitrogens with one attached hydrogen (secondary N) is 2. The van der Waals surface area contributed by atoms with Crippen LogP contribution in [-0.4, -0.2) is 50.9 Å². The first-order chi connectivity index (χ1) is 14.1. The molecular weight excluding hydrogens is 394 g/mol. The molecule has 0 radical (unpaired) electrons. The van der Waals surface area contributed by atoms with Gasteiger partial charge in [-0.25, -0.2) is 9.67 Å². The van der Waals surface area contributed by atoms with Gasteiger partial charge in [0, 0.05) is 25.8 Å². The first kappa shape index (κ1) is 17.6. The van der Waals surface area contributed by atoms with Crippen LogP contribution in [0.25, 0.3) is 0 Å². The van der Waals surface area contributed by atoms with Crippen LogP contribution in [-0.2, 0) is 11.3 Å². The van der Waals surface area contributed by atoms with Crippen LogP contribution in [0.3, 0.4) is 0 Å². The molecule has 10 heteroatoms. The molecule has 2 atom stereocenters. The van der Waals surface area contributed by atoms with E-state index in [1.54, 1.807) is 6.21 Å². The monoisotopic (exact) mass is 417 g/mol. The fourth-order valence-electron chi connectivity index (χ4n) is 4.60. The van der Waals surface area contributed by atoms with Gasteiger partial charge in [0.2, 0.25) is 0 Å². The topological polar surface area (TPSA) is 90.5 Å². The summed E-state index contributed by atoms with van der Waals surface area (Å²) in [7, 11) is 0. The number of fused-ring (bicyclic) bond motifs is 2. The molecule has 1 spiro atoms. The van der Waals surface area contributed by atoms with E-state index in [4.69, 9.17) is 26.2 Å². The average Bonchev–Trinajstić information content (AvgIpc) is 3.29. The molecule has 2 aromatic heterocycles. The summed E-state index contributed by atoms with van der Waals surface area (Å²) in [5, 5.41) is 16.6. The zero-order chi connectivity index (χ0) is 19.6. The first-order valence-corrected chi connectivity index (χ1v) is 10.7. The minimum Gasteiger partial charge on any atom is -0.475 e. The highest BCUT2D eigenvalue weighted by atomic mass is 35.5. The quantitative estimate of drug-likeness (QED) is 0.741. The minimum atomic E-state index is -0.338. The van der Waals surface area contributed by atoms with Crippen LogP contribution in [0.2, 0.25) is 5.15 Å². The molecule has 1 unspecified atom stereocenters. The number of rotatable bonds is 1. The molecule has 2 fully saturated rings. The summed E-state index contributed by atoms with van der Waals surface area (Å²) in [6.45, 7) is 4.15. The molecule has 1 aliphatic carbocycles. The Bertz CT molecular complexity index is 993. The lowest BCUT2D eigenvalue weighted by molar-refractivity contribution is -0.0274. The smallest absolute Gasteiger partial charge is 0.256 e. The number of aryl methyl sites for hydroxylation is 1. The second-order valence-electron chi connectivity index (χ2n) is 8.34. The predicted molar refractivity (Wildman–Crippen MR) is 109 cm³/mol. The van der Waals surface area contributed by atoms with Gasteiger partial charge >= 0.3 is 0 Å². The second kappa shape index (κ2) is 6.37. The molecule has 2 bridgehead atoms. The molecule has 6 rings (SSSR count). The molecule has 29 heavy (non-hydrogen) atoms. The lowest BCUT2D eigenvalue weighted by Gasteiger charge is -2.30. The van der Waals surface area contributed by atoms with Crippen molar-refractivity contribution in [3.05, 3.63) is 16.4 Å². The van der Waals surface area contributed by atoms with Crippen molar-refractivity contribution in [2.45, 2.75) is 63.5 Å². The van der Waals surface area contributed by atoms with Gasteiger partial charge in [0.25, 0.3) is 5.88 Å². The molecule has 2 N–H and O–H groups in total. The van der Waals surface area contributed by atoms with Crippen LogP contribution in [0, 0.1) is 6.92 Å². The van der Waals surface area contributed by atoms with Crippen molar-refractivity contribution < 1.29 is 9.47 Å². The van der Waals surface area contributed by atoms with Crippen molar-refractivity contribution >= 4 is 29.3 Å². The van der Waals surface area contributed by atoms with E-state index in [2.05, 4.69) is 32.3 Å². The van der Waals surface area contributed by atoms with Gasteiger partial charge in [-0.15, -0.1) is 5.10 Å². The van der Waals surface area contributed by atoms with E-state index in [9.17, 15) is 0 Å². The zero-order valence-corrected chi connectivity index (χ0v) is 17.1. The molecule has 0 amide bonds. The van der Waals surface area contributed by atoms with Gasteiger partial charge in [-0.05, 0) is 32.6 Å². The maximum atomic E-state index is 6.27. The Kier molecular flexibility index (Phi) is 3.86. The molecule has 3 aliphatic heterocycles. The summed E-state index contributed by atoms with van der Waals surface area (Å²) >= 11 is 6.27. The van der Waals surface area contributed by atoms with E-state index in [-0.39, 0.29) is 11.9 Å². The predicted octanol–water partition coefficient (Wildman–Crippen LogP) is 2.95. The van der Waals surface area contributed by atoms with Gasteiger partial charge in [0.15, 0.2) is 11.4 Å². The summed E-state index contributed by atoms with van der Waals surface area (Å²) in [5.74, 6) is 1.52. The van der Waals surface area contributed by atoms with Crippen molar-refractivity contribution in [3.63, 3.8) is 0 Å². The van der Waals surface area contributed by atoms with Crippen molar-refractivity contribution in [1.29, 1.82) is 0 Å². The molecule has 4 aliphatic rings. The Labute approximate surface area is 173 Å². The third-order valence-corrected chi connectivity index (χ3v) is 6.62. The fourth-order valence-corrected chi connectivity index (χ4v) is 4.83. The summed E-state index contributed by atoms with van der Waals surface area (Å²) in [5.41, 5.74) is 2.88. The maximum absolute atomic E-state index is 6.27. The lowest BCUT2D eigenvalue weighted by Crippen LogP contribution is -2.31. The van der Waals surface area contributed by atoms with E-state index in [0.29, 0.717) is 30.2 Å². The molecule has 2 aromatic rings. The number of aliphatic imine (C=N–C) groups is 1. The van der Waals surface area contributed by atoms with Gasteiger partial charge in [-0.2, -0.15) is 5.10 Å². The van der Waals surface area contributed by atoms with E-state index >= 15 is 0 Å². The molecule has 9 nitrogen and oxygen atoms in total. The van der Waals surface area contributed by atoms with E-state index in [1.165, 1.54) is 0 Å². The van der Waals surface area contributed by atoms with Crippen LogP contribution in [0.15, 0.2) is 4.99 Å². The van der Waals surface area contributed by atoms with E-state index in [0.717, 1.165) is 61.5 Å². The molecule has 1 saturated heterocycles. The number of aromatic nitrogens is 4. The number of hydrogen-bond acceptors (Lipinski definition) is 7. The number of hydrogen-bond donors (Lipinski definition) is 2. The normalized spacial score (nSPS) is 26.7. The van der Waals surface area contributed by atoms with Crippen LogP contribution in [0.4, 0.5) is 11.5 Å². The van der Waals surface area contributed by atoms with Crippen molar-refractivity contribution in [2.24, 2.45) is 4.99 Å². The van der Waals surface area contributed by atoms with Crippen LogP contribution >= 0.6 is 11.6 Å². The Morgan fingerprint density at radius 3 is 3.00 bits per heavy atom. The van der Waals surface area contributed by atoms with Gasteiger partial charge in [0.1, 0.15) is 11.5 Å². The van der Waals surface area contributed by atoms with Gasteiger partial charge in [-0.3, -0.25) is 4.68 Å². The number of anilines is 2. The first-order valence-electron chi connectivity index (χ1n) is 10.3. The van der Waals surface area contributed by atoms with Crippen LogP contribution < -0.4 is 15.4 Å². The third kappa shape index (κ3) is 2.90. The van der Waals surface area contributed by atoms with Crippen molar-refractivity contribution in [3.8, 4) is 5.88 Å². The standard InChI is InChI=1S/C19H24ClN7O2/c1-11-14-17(25-27(11)12-3-8-29-19(9-12)4-5-19)28-7-2-6-26-16-13(15(20)24-26)10-21-18(22-14)23-16/h10,12,18,22-23H,2-9H2,1H3/t12-,18?/m0/s1. The second-order valence-corrected chi connectivity index (χ2v) is 8.69. The van der Waals surface area contributed by atoms with Crippen LogP contribution in [0.5, 0.6) is 5.88 Å². The Balaban J connectivity index is 1.34. The fraction of sp³-hybridized carbons (Fsp3) is 0.632. The highest BCUT2D eigenvalue weighted by Gasteiger charge is 2.48. The Morgan fingerprint density at radius 2 is 2.14 bits per heavy atom. The number of ether oxygens (including phenoxy) is 2. The summed E-state index contributed by atoms with van der Waals surface area (Å²) in [4.78, 5) is 4.57. The highest BCUT2D eigenvalue weighted by Crippen LogP contribution is 2.50. The Morgan fingerprint density at radius 1 is 1.24 bits per heavy atom. The summed E-state index contributed by atoms with van der Waals surface area (Å²) < 4.78 is 16.1. The SMILES string of the molecule is Cc1c2c(nn1[C@H]1CCOC3(CC3)C1)OCCCn1nc(Cl)c3c1NC(N=C3)N2. The largest absolute Gasteiger partial charge is 0.475 e. The lowest BCUT2D eigenvalue weighted by atomic mass is 10.0. The summed E-state index contributed by atoms with van der Waals surface area (Å²) in [6.07, 6.45) is 6.58. The van der Waals surface area contributed by atoms with Crippen LogP contribution in [0.1, 0.15) is 49.4 Å². The molecule has 1 saturated carbocycles. The maximum Gasteiger partial charge on any atom is 0.256 e. The van der Waals surface area contributed by atoms with Crippen molar-refractivity contribution in [1.82, 2.24) is 19.6 Å². The summed E-state index contributed by atoms with van der Waals surface area (Å²) in [6, 6.07) is 0.340. The van der Waals surface area contributed by atoms with E-state index < -0.39 is 0 Å². The number of nitrogens with zero attached hydrogens (tertiary/aromatic N) is 5. The molecule has 0 aromatic carbocycles. The molecule has 5 heterocycles. The van der Waals surface area contributed by atoms with Gasteiger partial charge < -0.3 is 20.1 Å². The van der Waals surface area contributed by atoms with Gasteiger partial charge in [-0.1, -0.05) is 11.6 Å². The highest BCUT2D eigenvalue weighted by molar-refractivity contribution is 6.32. The third-order valence-electron chi connectivity index (χ3n) is 6.34. The molecule has 154 valence electrons. The number of halogens is 1. The van der Waals surface area contributed by atoms with E-state index in [1.807, 2.05) is 4.68 Å². The molecular formula is C19H24ClN7O2.